The van der Waals surface area contributed by atoms with Gasteiger partial charge < -0.3 is 9.88 Å². The second kappa shape index (κ2) is 10.2. The maximum Gasteiger partial charge on any atom is 0.123 e. The van der Waals surface area contributed by atoms with E-state index in [-0.39, 0.29) is 11.9 Å². The van der Waals surface area contributed by atoms with Crippen LogP contribution in [0.2, 0.25) is 10.0 Å². The lowest BCUT2D eigenvalue weighted by Gasteiger charge is -2.32. The molecule has 0 radical (unpaired) electrons. The number of hydrogen-bond acceptors (Lipinski definition) is 3. The van der Waals surface area contributed by atoms with Crippen LogP contribution >= 0.6 is 23.2 Å². The van der Waals surface area contributed by atoms with Crippen molar-refractivity contribution < 1.29 is 4.39 Å². The molecule has 4 nitrogen and oxygen atoms in total. The van der Waals surface area contributed by atoms with Crippen LogP contribution in [-0.4, -0.2) is 47.0 Å². The fraction of sp³-hybridized carbons (Fsp3) is 0.318. The highest BCUT2D eigenvalue weighted by atomic mass is 35.5. The largest absolute Gasteiger partial charge is 0.347 e. The number of imidazole rings is 1. The molecule has 1 atom stereocenters. The van der Waals surface area contributed by atoms with Crippen molar-refractivity contribution in [3.8, 4) is 0 Å². The van der Waals surface area contributed by atoms with Crippen LogP contribution in [0.4, 0.5) is 4.39 Å². The van der Waals surface area contributed by atoms with Crippen molar-refractivity contribution in [3.05, 3.63) is 87.7 Å². The summed E-state index contributed by atoms with van der Waals surface area (Å²) in [4.78, 5) is 12.2. The molecule has 29 heavy (non-hydrogen) atoms. The minimum absolute atomic E-state index is 0.0391. The lowest BCUT2D eigenvalue weighted by Crippen LogP contribution is -2.36. The average molecular weight is 435 g/mol. The van der Waals surface area contributed by atoms with E-state index in [0.717, 1.165) is 30.0 Å². The lowest BCUT2D eigenvalue weighted by atomic mass is 10.0. The molecule has 2 aromatic carbocycles. The van der Waals surface area contributed by atoms with Crippen molar-refractivity contribution >= 4 is 23.2 Å². The molecule has 1 N–H and O–H groups in total. The Morgan fingerprint density at radius 2 is 1.79 bits per heavy atom. The van der Waals surface area contributed by atoms with Crippen LogP contribution in [0.3, 0.4) is 0 Å². The molecule has 0 spiro atoms. The molecule has 7 heteroatoms. The van der Waals surface area contributed by atoms with Gasteiger partial charge in [0.2, 0.25) is 0 Å². The van der Waals surface area contributed by atoms with Gasteiger partial charge in [0, 0.05) is 42.1 Å². The maximum atomic E-state index is 13.8. The van der Waals surface area contributed by atoms with Gasteiger partial charge in [-0.15, -0.1) is 0 Å². The molecular formula is C22H25Cl2FN4. The third kappa shape index (κ3) is 6.54. The smallest absolute Gasteiger partial charge is 0.123 e. The van der Waals surface area contributed by atoms with Crippen molar-refractivity contribution in [2.45, 2.75) is 19.0 Å². The Labute approximate surface area is 181 Å². The molecule has 3 aromatic rings. The van der Waals surface area contributed by atoms with Crippen molar-refractivity contribution in [1.29, 1.82) is 0 Å². The monoisotopic (exact) mass is 434 g/mol. The number of halogens is 3. The zero-order valence-electron chi connectivity index (χ0n) is 16.6. The van der Waals surface area contributed by atoms with E-state index < -0.39 is 0 Å². The van der Waals surface area contributed by atoms with Gasteiger partial charge in [0.25, 0.3) is 0 Å². The number of nitrogens with one attached hydrogen (secondary N) is 1. The normalized spacial score (nSPS) is 12.7. The molecule has 154 valence electrons. The number of likely N-dealkylation sites (N-methyl/N-ethyl adjacent to an activating group) is 1. The minimum atomic E-state index is -0.230. The summed E-state index contributed by atoms with van der Waals surface area (Å²) in [7, 11) is 4.08. The number of aromatic amines is 1. The number of H-pyrrole nitrogens is 1. The highest BCUT2D eigenvalue weighted by molar-refractivity contribution is 6.34. The quantitative estimate of drug-likeness (QED) is 0.502. The van der Waals surface area contributed by atoms with E-state index in [0.29, 0.717) is 23.0 Å². The first-order valence-corrected chi connectivity index (χ1v) is 10.2. The van der Waals surface area contributed by atoms with E-state index in [1.165, 1.54) is 6.07 Å². The maximum absolute atomic E-state index is 13.8. The fourth-order valence-corrected chi connectivity index (χ4v) is 3.93. The van der Waals surface area contributed by atoms with Crippen LogP contribution in [-0.2, 0) is 13.0 Å². The molecule has 0 aliphatic carbocycles. The highest BCUT2D eigenvalue weighted by Crippen LogP contribution is 2.28. The van der Waals surface area contributed by atoms with Crippen LogP contribution < -0.4 is 0 Å². The average Bonchev–Trinajstić information content (AvgIpc) is 3.17. The molecule has 0 saturated heterocycles. The van der Waals surface area contributed by atoms with E-state index in [2.05, 4.69) is 19.8 Å². The predicted octanol–water partition coefficient (Wildman–Crippen LogP) is 5.20. The number of benzene rings is 2. The summed E-state index contributed by atoms with van der Waals surface area (Å²) in [5.74, 6) is 0.627. The second-order valence-corrected chi connectivity index (χ2v) is 8.25. The zero-order chi connectivity index (χ0) is 20.8. The molecule has 1 heterocycles. The van der Waals surface area contributed by atoms with Gasteiger partial charge in [0.1, 0.15) is 11.6 Å². The topological polar surface area (TPSA) is 35.2 Å². The van der Waals surface area contributed by atoms with Crippen LogP contribution in [0.1, 0.15) is 23.0 Å². The standard InChI is InChI=1S/C22H25Cl2FN4/c1-28(2)8-9-29(15-16-4-3-5-20(25)12-16)21(22-26-6-7-27-22)13-17-10-18(23)14-19(24)11-17/h3-7,10-12,14,21H,8-9,13,15H2,1-2H3,(H,26,27). The van der Waals surface area contributed by atoms with Gasteiger partial charge in [-0.2, -0.15) is 0 Å². The van der Waals surface area contributed by atoms with E-state index >= 15 is 0 Å². The highest BCUT2D eigenvalue weighted by Gasteiger charge is 2.24. The van der Waals surface area contributed by atoms with Gasteiger partial charge in [0.15, 0.2) is 0 Å². The number of hydrogen-bond donors (Lipinski definition) is 1. The Kier molecular flexibility index (Phi) is 7.67. The fourth-order valence-electron chi connectivity index (χ4n) is 3.35. The number of nitrogens with zero attached hydrogens (tertiary/aromatic N) is 3. The van der Waals surface area contributed by atoms with Crippen molar-refractivity contribution in [2.75, 3.05) is 27.2 Å². The summed E-state index contributed by atoms with van der Waals surface area (Å²) in [5.41, 5.74) is 1.95. The first-order chi connectivity index (χ1) is 13.9. The van der Waals surface area contributed by atoms with Crippen LogP contribution in [0, 0.1) is 5.82 Å². The molecule has 1 unspecified atom stereocenters. The number of aromatic nitrogens is 2. The molecule has 3 rings (SSSR count). The second-order valence-electron chi connectivity index (χ2n) is 7.38. The molecule has 1 aromatic heterocycles. The van der Waals surface area contributed by atoms with Crippen LogP contribution in [0.5, 0.6) is 0 Å². The molecule has 0 aliphatic rings. The van der Waals surface area contributed by atoms with Gasteiger partial charge in [-0.05, 0) is 62.0 Å². The number of rotatable bonds is 9. The minimum Gasteiger partial charge on any atom is -0.347 e. The van der Waals surface area contributed by atoms with Crippen molar-refractivity contribution in [3.63, 3.8) is 0 Å². The summed E-state index contributed by atoms with van der Waals surface area (Å²) in [6.07, 6.45) is 4.25. The summed E-state index contributed by atoms with van der Waals surface area (Å²) in [5, 5.41) is 1.21. The third-order valence-electron chi connectivity index (χ3n) is 4.74. The van der Waals surface area contributed by atoms with Gasteiger partial charge in [0.05, 0.1) is 6.04 Å². The Bertz CT molecular complexity index is 895. The van der Waals surface area contributed by atoms with Gasteiger partial charge >= 0.3 is 0 Å². The molecule has 0 amide bonds. The van der Waals surface area contributed by atoms with E-state index in [1.54, 1.807) is 24.4 Å². The van der Waals surface area contributed by atoms with E-state index in [9.17, 15) is 4.39 Å². The van der Waals surface area contributed by atoms with Gasteiger partial charge in [-0.3, -0.25) is 4.90 Å². The Morgan fingerprint density at radius 3 is 2.41 bits per heavy atom. The zero-order valence-corrected chi connectivity index (χ0v) is 18.1. The summed E-state index contributed by atoms with van der Waals surface area (Å²) < 4.78 is 13.8. The van der Waals surface area contributed by atoms with Crippen LogP contribution in [0.25, 0.3) is 0 Å². The Morgan fingerprint density at radius 1 is 1.03 bits per heavy atom. The van der Waals surface area contributed by atoms with Crippen molar-refractivity contribution in [1.82, 2.24) is 19.8 Å². The summed E-state index contributed by atoms with van der Waals surface area (Å²) >= 11 is 12.4. The molecular weight excluding hydrogens is 410 g/mol. The van der Waals surface area contributed by atoms with Crippen molar-refractivity contribution in [2.24, 2.45) is 0 Å². The first kappa shape index (κ1) is 21.8. The SMILES string of the molecule is CN(C)CCN(Cc1cccc(F)c1)C(Cc1cc(Cl)cc(Cl)c1)c1ncc[nH]1. The molecule has 0 bridgehead atoms. The summed E-state index contributed by atoms with van der Waals surface area (Å²) in [6.45, 7) is 2.26. The third-order valence-corrected chi connectivity index (χ3v) is 5.17. The molecule has 0 fully saturated rings. The molecule has 0 aliphatic heterocycles. The van der Waals surface area contributed by atoms with Gasteiger partial charge in [-0.1, -0.05) is 35.3 Å². The Balaban J connectivity index is 1.92. The lowest BCUT2D eigenvalue weighted by molar-refractivity contribution is 0.163. The predicted molar refractivity (Wildman–Crippen MR) is 117 cm³/mol. The molecule has 0 saturated carbocycles. The summed E-state index contributed by atoms with van der Waals surface area (Å²) in [6, 6.07) is 12.3. The van der Waals surface area contributed by atoms with E-state index in [4.69, 9.17) is 23.2 Å². The first-order valence-electron chi connectivity index (χ1n) is 9.48. The van der Waals surface area contributed by atoms with E-state index in [1.807, 2.05) is 38.5 Å². The Hall–Kier alpha value is -1.92. The van der Waals surface area contributed by atoms with Crippen LogP contribution in [0.15, 0.2) is 54.9 Å². The van der Waals surface area contributed by atoms with Gasteiger partial charge in [-0.25, -0.2) is 9.37 Å².